The summed E-state index contributed by atoms with van der Waals surface area (Å²) in [5, 5.41) is 11.7. The SMILES string of the molecule is CCc1cc(-c2c[nH]c(=O)n2-c2cccc3ccccc23)c(OC)cc1CO. The van der Waals surface area contributed by atoms with Crippen LogP contribution in [-0.4, -0.2) is 21.8 Å². The zero-order valence-corrected chi connectivity index (χ0v) is 15.9. The lowest BCUT2D eigenvalue weighted by atomic mass is 9.99. The van der Waals surface area contributed by atoms with Gasteiger partial charge in [0.15, 0.2) is 0 Å². The number of H-pyrrole nitrogens is 1. The molecule has 0 unspecified atom stereocenters. The minimum absolute atomic E-state index is 0.0525. The summed E-state index contributed by atoms with van der Waals surface area (Å²) in [4.78, 5) is 15.6. The van der Waals surface area contributed by atoms with Gasteiger partial charge >= 0.3 is 5.69 Å². The number of nitrogens with zero attached hydrogens (tertiary/aromatic N) is 1. The molecular formula is C23H22N2O3. The number of rotatable bonds is 5. The monoisotopic (exact) mass is 374 g/mol. The van der Waals surface area contributed by atoms with Gasteiger partial charge in [-0.1, -0.05) is 43.3 Å². The van der Waals surface area contributed by atoms with Crippen molar-refractivity contribution in [3.63, 3.8) is 0 Å². The summed E-state index contributed by atoms with van der Waals surface area (Å²) in [6, 6.07) is 17.8. The van der Waals surface area contributed by atoms with Crippen molar-refractivity contribution in [1.29, 1.82) is 0 Å². The van der Waals surface area contributed by atoms with E-state index >= 15 is 0 Å². The summed E-state index contributed by atoms with van der Waals surface area (Å²) < 4.78 is 7.27. The van der Waals surface area contributed by atoms with E-state index in [2.05, 4.69) is 4.98 Å². The van der Waals surface area contributed by atoms with E-state index in [0.717, 1.165) is 45.3 Å². The minimum Gasteiger partial charge on any atom is -0.496 e. The molecule has 5 heteroatoms. The van der Waals surface area contributed by atoms with Crippen LogP contribution in [0, 0.1) is 0 Å². The molecule has 2 N–H and O–H groups in total. The highest BCUT2D eigenvalue weighted by Crippen LogP contribution is 2.34. The van der Waals surface area contributed by atoms with Crippen LogP contribution in [-0.2, 0) is 13.0 Å². The molecule has 0 spiro atoms. The van der Waals surface area contributed by atoms with Crippen LogP contribution in [0.2, 0.25) is 0 Å². The van der Waals surface area contributed by atoms with Crippen molar-refractivity contribution in [3.8, 4) is 22.7 Å². The number of aryl methyl sites for hydroxylation is 1. The molecule has 4 rings (SSSR count). The number of fused-ring (bicyclic) bond motifs is 1. The Labute approximate surface area is 162 Å². The van der Waals surface area contributed by atoms with Crippen molar-refractivity contribution < 1.29 is 9.84 Å². The number of hydrogen-bond donors (Lipinski definition) is 2. The average Bonchev–Trinajstić information content (AvgIpc) is 3.13. The highest BCUT2D eigenvalue weighted by Gasteiger charge is 2.18. The van der Waals surface area contributed by atoms with E-state index in [-0.39, 0.29) is 12.3 Å². The van der Waals surface area contributed by atoms with Crippen LogP contribution in [0.4, 0.5) is 0 Å². The topological polar surface area (TPSA) is 67.2 Å². The van der Waals surface area contributed by atoms with Crippen molar-refractivity contribution in [1.82, 2.24) is 9.55 Å². The van der Waals surface area contributed by atoms with Crippen LogP contribution in [0.15, 0.2) is 65.6 Å². The lowest BCUT2D eigenvalue weighted by Crippen LogP contribution is -2.16. The molecule has 1 aromatic heterocycles. The third-order valence-electron chi connectivity index (χ3n) is 5.13. The average molecular weight is 374 g/mol. The summed E-state index contributed by atoms with van der Waals surface area (Å²) in [5.74, 6) is 0.620. The van der Waals surface area contributed by atoms with Gasteiger partial charge in [-0.3, -0.25) is 4.57 Å². The quantitative estimate of drug-likeness (QED) is 0.554. The van der Waals surface area contributed by atoms with Gasteiger partial charge in [-0.05, 0) is 41.1 Å². The van der Waals surface area contributed by atoms with Crippen LogP contribution < -0.4 is 10.4 Å². The van der Waals surface area contributed by atoms with Gasteiger partial charge < -0.3 is 14.8 Å². The minimum atomic E-state index is -0.210. The fourth-order valence-corrected chi connectivity index (χ4v) is 3.72. The van der Waals surface area contributed by atoms with E-state index in [0.29, 0.717) is 5.75 Å². The summed E-state index contributed by atoms with van der Waals surface area (Å²) in [6.45, 7) is 1.99. The van der Waals surface area contributed by atoms with E-state index in [1.165, 1.54) is 0 Å². The molecule has 1 heterocycles. The number of aromatic amines is 1. The Morgan fingerprint density at radius 1 is 1.07 bits per heavy atom. The van der Waals surface area contributed by atoms with Gasteiger partial charge in [0.1, 0.15) is 5.75 Å². The van der Waals surface area contributed by atoms with Crippen molar-refractivity contribution in [2.75, 3.05) is 7.11 Å². The van der Waals surface area contributed by atoms with E-state index in [4.69, 9.17) is 4.74 Å². The van der Waals surface area contributed by atoms with Gasteiger partial charge in [-0.15, -0.1) is 0 Å². The summed E-state index contributed by atoms with van der Waals surface area (Å²) in [7, 11) is 1.60. The van der Waals surface area contributed by atoms with Crippen molar-refractivity contribution in [2.24, 2.45) is 0 Å². The lowest BCUT2D eigenvalue weighted by molar-refractivity contribution is 0.280. The van der Waals surface area contributed by atoms with Crippen molar-refractivity contribution in [3.05, 3.63) is 82.4 Å². The molecular weight excluding hydrogens is 352 g/mol. The van der Waals surface area contributed by atoms with Gasteiger partial charge in [-0.25, -0.2) is 4.79 Å². The second-order valence-corrected chi connectivity index (χ2v) is 6.65. The first-order chi connectivity index (χ1) is 13.7. The standard InChI is InChI=1S/C23H22N2O3/c1-3-15-11-19(22(28-2)12-17(15)14-26)21-13-24-23(27)25(21)20-10-6-8-16-7-4-5-9-18(16)20/h4-13,26H,3,14H2,1-2H3,(H,24,27). The molecule has 28 heavy (non-hydrogen) atoms. The molecule has 0 aliphatic carbocycles. The highest BCUT2D eigenvalue weighted by molar-refractivity contribution is 5.91. The van der Waals surface area contributed by atoms with Crippen LogP contribution in [0.5, 0.6) is 5.75 Å². The first kappa shape index (κ1) is 18.1. The van der Waals surface area contributed by atoms with Crippen LogP contribution in [0.3, 0.4) is 0 Å². The van der Waals surface area contributed by atoms with Gasteiger partial charge in [0.25, 0.3) is 0 Å². The molecule has 3 aromatic carbocycles. The number of aliphatic hydroxyl groups is 1. The Hall–Kier alpha value is -3.31. The molecule has 0 saturated carbocycles. The van der Waals surface area contributed by atoms with E-state index in [1.54, 1.807) is 17.9 Å². The molecule has 0 amide bonds. The second kappa shape index (κ2) is 7.37. The van der Waals surface area contributed by atoms with Gasteiger partial charge in [0.2, 0.25) is 0 Å². The predicted octanol–water partition coefficient (Wildman–Crippen LogP) is 4.05. The fraction of sp³-hybridized carbons (Fsp3) is 0.174. The summed E-state index contributed by atoms with van der Waals surface area (Å²) in [5.41, 5.74) is 3.98. The predicted molar refractivity (Wildman–Crippen MR) is 111 cm³/mol. The molecule has 0 saturated heterocycles. The van der Waals surface area contributed by atoms with Crippen LogP contribution in [0.1, 0.15) is 18.1 Å². The Morgan fingerprint density at radius 3 is 2.61 bits per heavy atom. The Bertz CT molecular complexity index is 1200. The Morgan fingerprint density at radius 2 is 1.86 bits per heavy atom. The number of aliphatic hydroxyl groups excluding tert-OH is 1. The number of imidazole rings is 1. The maximum Gasteiger partial charge on any atom is 0.330 e. The highest BCUT2D eigenvalue weighted by atomic mass is 16.5. The number of methoxy groups -OCH3 is 1. The van der Waals surface area contributed by atoms with Gasteiger partial charge in [0, 0.05) is 17.1 Å². The Kier molecular flexibility index (Phi) is 4.75. The molecule has 5 nitrogen and oxygen atoms in total. The molecule has 4 aromatic rings. The summed E-state index contributed by atoms with van der Waals surface area (Å²) >= 11 is 0. The first-order valence-electron chi connectivity index (χ1n) is 9.27. The molecule has 0 atom stereocenters. The van der Waals surface area contributed by atoms with E-state index in [9.17, 15) is 9.90 Å². The maximum atomic E-state index is 12.8. The number of aromatic nitrogens is 2. The van der Waals surface area contributed by atoms with Gasteiger partial charge in [0.05, 0.1) is 25.1 Å². The normalized spacial score (nSPS) is 11.1. The number of nitrogens with one attached hydrogen (secondary N) is 1. The largest absolute Gasteiger partial charge is 0.496 e. The zero-order chi connectivity index (χ0) is 19.7. The fourth-order valence-electron chi connectivity index (χ4n) is 3.72. The molecule has 0 radical (unpaired) electrons. The molecule has 0 aliphatic heterocycles. The molecule has 0 bridgehead atoms. The third-order valence-corrected chi connectivity index (χ3v) is 5.13. The number of ether oxygens (including phenoxy) is 1. The lowest BCUT2D eigenvalue weighted by Gasteiger charge is -2.16. The number of benzene rings is 3. The van der Waals surface area contributed by atoms with E-state index < -0.39 is 0 Å². The molecule has 0 aliphatic rings. The zero-order valence-electron chi connectivity index (χ0n) is 15.9. The van der Waals surface area contributed by atoms with Crippen molar-refractivity contribution in [2.45, 2.75) is 20.0 Å². The van der Waals surface area contributed by atoms with Crippen LogP contribution >= 0.6 is 0 Å². The maximum absolute atomic E-state index is 12.8. The molecule has 142 valence electrons. The third kappa shape index (κ3) is 2.90. The van der Waals surface area contributed by atoms with Gasteiger partial charge in [-0.2, -0.15) is 0 Å². The van der Waals surface area contributed by atoms with E-state index in [1.807, 2.05) is 61.5 Å². The van der Waals surface area contributed by atoms with Crippen molar-refractivity contribution >= 4 is 10.8 Å². The van der Waals surface area contributed by atoms with Crippen LogP contribution in [0.25, 0.3) is 27.7 Å². The summed E-state index contributed by atoms with van der Waals surface area (Å²) in [6.07, 6.45) is 2.48. The second-order valence-electron chi connectivity index (χ2n) is 6.65. The molecule has 0 fully saturated rings. The Balaban J connectivity index is 2.02. The number of hydrogen-bond acceptors (Lipinski definition) is 3. The smallest absolute Gasteiger partial charge is 0.330 e. The first-order valence-corrected chi connectivity index (χ1v) is 9.27.